The fourth-order valence-corrected chi connectivity index (χ4v) is 6.24. The Bertz CT molecular complexity index is 975. The summed E-state index contributed by atoms with van der Waals surface area (Å²) in [5.74, 6) is -0.378. The van der Waals surface area contributed by atoms with Crippen LogP contribution in [0.3, 0.4) is 0 Å². The molecule has 2 aliphatic rings. The Morgan fingerprint density at radius 3 is 2.34 bits per heavy atom. The zero-order valence-electron chi connectivity index (χ0n) is 16.2. The van der Waals surface area contributed by atoms with Gasteiger partial charge in [0, 0.05) is 27.0 Å². The van der Waals surface area contributed by atoms with Crippen molar-refractivity contribution in [3.63, 3.8) is 0 Å². The van der Waals surface area contributed by atoms with Gasteiger partial charge < -0.3 is 5.32 Å². The van der Waals surface area contributed by atoms with Crippen LogP contribution in [0.25, 0.3) is 0 Å². The smallest absolute Gasteiger partial charge is 0.234 e. The van der Waals surface area contributed by atoms with Gasteiger partial charge in [-0.2, -0.15) is 0 Å². The van der Waals surface area contributed by atoms with Gasteiger partial charge in [0.05, 0.1) is 0 Å². The molecule has 4 rings (SSSR count). The number of carbonyl (C=O) groups is 2. The lowest BCUT2D eigenvalue weighted by molar-refractivity contribution is -0.143. The third kappa shape index (κ3) is 3.28. The van der Waals surface area contributed by atoms with E-state index >= 15 is 0 Å². The molecule has 1 N–H and O–H groups in total. The van der Waals surface area contributed by atoms with E-state index in [1.807, 2.05) is 43.3 Å². The number of hydrogen-bond acceptors (Lipinski definition) is 2. The molecule has 1 aliphatic carbocycles. The number of ketones is 1. The van der Waals surface area contributed by atoms with Crippen LogP contribution in [0.15, 0.2) is 42.5 Å². The first-order valence-corrected chi connectivity index (χ1v) is 10.9. The number of halogens is 3. The minimum atomic E-state index is -1.00. The number of Topliss-reactive ketones (excluding diaryl/α,β-unsaturated/α-hetero) is 1. The monoisotopic (exact) mass is 449 g/mol. The first kappa shape index (κ1) is 20.7. The van der Waals surface area contributed by atoms with Gasteiger partial charge in [-0.3, -0.25) is 9.59 Å². The van der Waals surface area contributed by atoms with E-state index in [-0.39, 0.29) is 35.5 Å². The second-order valence-electron chi connectivity index (χ2n) is 8.20. The van der Waals surface area contributed by atoms with Crippen molar-refractivity contribution in [3.8, 4) is 0 Å². The molecule has 0 radical (unpaired) electrons. The highest BCUT2D eigenvalue weighted by Gasteiger charge is 2.63. The number of rotatable bonds is 3. The molecule has 1 heterocycles. The molecule has 1 amide bonds. The standard InChI is InChI=1S/C23H22Cl3NO2/c1-12-21-20(14-3-5-15(24)6-4-14)18(17-8-7-16(25)11-19(17)26)9-10-23(21,13(2)28)22(29)27-12/h3-8,11-12,18,20-21H,9-10H2,1-2H3,(H,27,29)/t12-,18+,20?,21+,23?/m1/s1. The van der Waals surface area contributed by atoms with E-state index in [1.165, 1.54) is 0 Å². The molecule has 0 aromatic heterocycles. The Hall–Kier alpha value is -1.55. The van der Waals surface area contributed by atoms with Gasteiger partial charge in [-0.25, -0.2) is 0 Å². The third-order valence-electron chi connectivity index (χ3n) is 6.79. The van der Waals surface area contributed by atoms with E-state index < -0.39 is 5.41 Å². The van der Waals surface area contributed by atoms with Crippen molar-refractivity contribution in [1.29, 1.82) is 0 Å². The first-order valence-electron chi connectivity index (χ1n) is 9.78. The largest absolute Gasteiger partial charge is 0.352 e. The number of carbonyl (C=O) groups excluding carboxylic acids is 2. The highest BCUT2D eigenvalue weighted by Crippen LogP contribution is 2.59. The van der Waals surface area contributed by atoms with E-state index in [1.54, 1.807) is 13.0 Å². The summed E-state index contributed by atoms with van der Waals surface area (Å²) in [6.45, 7) is 3.53. The van der Waals surface area contributed by atoms with E-state index in [2.05, 4.69) is 5.32 Å². The lowest BCUT2D eigenvalue weighted by Gasteiger charge is -2.46. The number of benzene rings is 2. The summed E-state index contributed by atoms with van der Waals surface area (Å²) >= 11 is 18.8. The molecule has 0 bridgehead atoms. The molecule has 2 aromatic carbocycles. The predicted molar refractivity (Wildman–Crippen MR) is 117 cm³/mol. The molecule has 6 heteroatoms. The van der Waals surface area contributed by atoms with Gasteiger partial charge in [0.2, 0.25) is 5.91 Å². The summed E-state index contributed by atoms with van der Waals surface area (Å²) in [4.78, 5) is 25.8. The highest BCUT2D eigenvalue weighted by atomic mass is 35.5. The molecule has 1 saturated heterocycles. The van der Waals surface area contributed by atoms with Crippen molar-refractivity contribution in [1.82, 2.24) is 5.32 Å². The van der Waals surface area contributed by atoms with Crippen LogP contribution in [-0.2, 0) is 9.59 Å². The number of hydrogen-bond donors (Lipinski definition) is 1. The maximum absolute atomic E-state index is 13.0. The summed E-state index contributed by atoms with van der Waals surface area (Å²) in [6.07, 6.45) is 1.20. The maximum Gasteiger partial charge on any atom is 0.234 e. The summed E-state index contributed by atoms with van der Waals surface area (Å²) in [5, 5.41) is 4.90. The van der Waals surface area contributed by atoms with Crippen molar-refractivity contribution in [3.05, 3.63) is 68.7 Å². The van der Waals surface area contributed by atoms with Gasteiger partial charge in [-0.15, -0.1) is 0 Å². The molecule has 5 atom stereocenters. The van der Waals surface area contributed by atoms with Crippen LogP contribution < -0.4 is 5.32 Å². The van der Waals surface area contributed by atoms with Crippen LogP contribution in [0.5, 0.6) is 0 Å². The fourth-order valence-electron chi connectivity index (χ4n) is 5.56. The molecule has 0 spiro atoms. The molecular formula is C23H22Cl3NO2. The minimum Gasteiger partial charge on any atom is -0.352 e. The topological polar surface area (TPSA) is 46.2 Å². The Kier molecular flexibility index (Phi) is 5.43. The fraction of sp³-hybridized carbons (Fsp3) is 0.391. The van der Waals surface area contributed by atoms with Crippen LogP contribution in [-0.4, -0.2) is 17.7 Å². The van der Waals surface area contributed by atoms with Crippen molar-refractivity contribution in [2.45, 2.75) is 44.6 Å². The van der Waals surface area contributed by atoms with Crippen molar-refractivity contribution >= 4 is 46.5 Å². The Morgan fingerprint density at radius 2 is 1.72 bits per heavy atom. The number of nitrogens with one attached hydrogen (secondary N) is 1. The predicted octanol–water partition coefficient (Wildman–Crippen LogP) is 6.02. The van der Waals surface area contributed by atoms with E-state index in [0.29, 0.717) is 27.9 Å². The summed E-state index contributed by atoms with van der Waals surface area (Å²) in [5.41, 5.74) is 1.06. The van der Waals surface area contributed by atoms with Crippen molar-refractivity contribution < 1.29 is 9.59 Å². The molecular weight excluding hydrogens is 429 g/mol. The summed E-state index contributed by atoms with van der Waals surface area (Å²) in [7, 11) is 0. The zero-order chi connectivity index (χ0) is 20.9. The zero-order valence-corrected chi connectivity index (χ0v) is 18.5. The SMILES string of the molecule is CC(=O)C12CC[C@@H](c3ccc(Cl)cc3Cl)C(c3ccc(Cl)cc3)[C@@H]1[C@@H](C)NC2=O. The first-order chi connectivity index (χ1) is 13.8. The van der Waals surface area contributed by atoms with Gasteiger partial charge in [0.25, 0.3) is 0 Å². The molecule has 3 nitrogen and oxygen atoms in total. The van der Waals surface area contributed by atoms with Crippen LogP contribution in [0.4, 0.5) is 0 Å². The molecule has 2 unspecified atom stereocenters. The molecule has 1 saturated carbocycles. The second-order valence-corrected chi connectivity index (χ2v) is 9.48. The van der Waals surface area contributed by atoms with Gasteiger partial charge in [-0.1, -0.05) is 53.0 Å². The number of fused-ring (bicyclic) bond motifs is 1. The quantitative estimate of drug-likeness (QED) is 0.581. The van der Waals surface area contributed by atoms with Crippen molar-refractivity contribution in [2.75, 3.05) is 0 Å². The average Bonchev–Trinajstić information content (AvgIpc) is 2.93. The normalized spacial score (nSPS) is 31.3. The van der Waals surface area contributed by atoms with Crippen LogP contribution in [0.1, 0.15) is 49.7 Å². The highest BCUT2D eigenvalue weighted by molar-refractivity contribution is 6.35. The molecule has 1 aliphatic heterocycles. The Labute approximate surface area is 185 Å². The van der Waals surface area contributed by atoms with E-state index in [0.717, 1.165) is 11.1 Å². The van der Waals surface area contributed by atoms with E-state index in [9.17, 15) is 9.59 Å². The van der Waals surface area contributed by atoms with E-state index in [4.69, 9.17) is 34.8 Å². The van der Waals surface area contributed by atoms with Crippen LogP contribution in [0, 0.1) is 11.3 Å². The third-order valence-corrected chi connectivity index (χ3v) is 7.60. The lowest BCUT2D eigenvalue weighted by atomic mass is 9.54. The van der Waals surface area contributed by atoms with Gasteiger partial charge in [0.15, 0.2) is 0 Å². The summed E-state index contributed by atoms with van der Waals surface area (Å²) in [6, 6.07) is 13.1. The maximum atomic E-state index is 13.0. The Balaban J connectivity index is 1.90. The summed E-state index contributed by atoms with van der Waals surface area (Å²) < 4.78 is 0. The molecule has 29 heavy (non-hydrogen) atoms. The lowest BCUT2D eigenvalue weighted by Crippen LogP contribution is -2.48. The van der Waals surface area contributed by atoms with Gasteiger partial charge in [0.1, 0.15) is 11.2 Å². The van der Waals surface area contributed by atoms with Gasteiger partial charge in [-0.05, 0) is 73.9 Å². The van der Waals surface area contributed by atoms with Crippen LogP contribution >= 0.6 is 34.8 Å². The Morgan fingerprint density at radius 1 is 1.07 bits per heavy atom. The van der Waals surface area contributed by atoms with Crippen molar-refractivity contribution in [2.24, 2.45) is 11.3 Å². The second kappa shape index (κ2) is 7.61. The molecule has 2 fully saturated rings. The number of amides is 1. The van der Waals surface area contributed by atoms with Crippen LogP contribution in [0.2, 0.25) is 15.1 Å². The minimum absolute atomic E-state index is 0.0578. The molecule has 152 valence electrons. The molecule has 2 aromatic rings. The van der Waals surface area contributed by atoms with Gasteiger partial charge >= 0.3 is 0 Å². The average molecular weight is 451 g/mol.